The van der Waals surface area contributed by atoms with Crippen molar-refractivity contribution in [2.24, 2.45) is 0 Å². The number of halogens is 4. The molecule has 1 heterocycles. The second-order valence-electron chi connectivity index (χ2n) is 4.23. The highest BCUT2D eigenvalue weighted by molar-refractivity contribution is 14.1. The third-order valence-corrected chi connectivity index (χ3v) is 4.40. The number of fused-ring (bicyclic) bond motifs is 1. The van der Waals surface area contributed by atoms with Gasteiger partial charge in [-0.05, 0) is 59.0 Å². The maximum Gasteiger partial charge on any atom is 0.129 e. The summed E-state index contributed by atoms with van der Waals surface area (Å²) in [5.41, 5.74) is 2.60. The van der Waals surface area contributed by atoms with Crippen LogP contribution in [-0.4, -0.2) is 9.55 Å². The van der Waals surface area contributed by atoms with E-state index in [2.05, 4.69) is 27.6 Å². The highest BCUT2D eigenvalue weighted by Crippen LogP contribution is 2.30. The summed E-state index contributed by atoms with van der Waals surface area (Å²) in [7, 11) is 0. The molecule has 0 unspecified atom stereocenters. The number of alkyl halides is 1. The zero-order valence-corrected chi connectivity index (χ0v) is 14.5. The lowest BCUT2D eigenvalue weighted by Gasteiger charge is -2.10. The number of benzene rings is 2. The Kier molecular flexibility index (Phi) is 4.13. The van der Waals surface area contributed by atoms with Crippen molar-refractivity contribution in [1.29, 1.82) is 0 Å². The Morgan fingerprint density at radius 2 is 1.90 bits per heavy atom. The number of aromatic nitrogens is 2. The fraction of sp³-hybridized carbons (Fsp3) is 0.0714. The first-order valence-electron chi connectivity index (χ1n) is 5.78. The lowest BCUT2D eigenvalue weighted by atomic mass is 10.2. The lowest BCUT2D eigenvalue weighted by molar-refractivity contribution is 0.981. The molecule has 2 aromatic carbocycles. The van der Waals surface area contributed by atoms with Crippen LogP contribution in [0.1, 0.15) is 5.82 Å². The van der Waals surface area contributed by atoms with Crippen LogP contribution in [0.5, 0.6) is 0 Å². The first-order chi connectivity index (χ1) is 9.60. The van der Waals surface area contributed by atoms with Crippen molar-refractivity contribution >= 4 is 68.4 Å². The average Bonchev–Trinajstić information content (AvgIpc) is 2.76. The molecule has 0 atom stereocenters. The number of nitrogens with zero attached hydrogens (tertiary/aromatic N) is 2. The zero-order chi connectivity index (χ0) is 14.3. The molecular formula is C14H8Cl3IN2. The van der Waals surface area contributed by atoms with Crippen LogP contribution in [0.2, 0.25) is 10.0 Å². The Bertz CT molecular complexity index is 798. The van der Waals surface area contributed by atoms with Gasteiger partial charge in [0.2, 0.25) is 0 Å². The summed E-state index contributed by atoms with van der Waals surface area (Å²) < 4.78 is 3.03. The molecule has 3 aromatic rings. The minimum Gasteiger partial charge on any atom is -0.294 e. The average molecular weight is 437 g/mol. The van der Waals surface area contributed by atoms with Crippen LogP contribution in [0, 0.1) is 3.57 Å². The molecule has 0 aliphatic carbocycles. The van der Waals surface area contributed by atoms with Gasteiger partial charge < -0.3 is 0 Å². The van der Waals surface area contributed by atoms with Crippen LogP contribution in [0.25, 0.3) is 16.7 Å². The Labute approximate surface area is 144 Å². The SMILES string of the molecule is ClCc1nc2ccc(Cl)cc2n1-c1ccc(I)cc1Cl. The predicted octanol–water partition coefficient (Wildman–Crippen LogP) is 5.68. The molecule has 0 radical (unpaired) electrons. The van der Waals surface area contributed by atoms with Gasteiger partial charge in [-0.15, -0.1) is 11.6 Å². The molecule has 3 rings (SSSR count). The van der Waals surface area contributed by atoms with Crippen molar-refractivity contribution in [3.05, 3.63) is 55.8 Å². The van der Waals surface area contributed by atoms with E-state index >= 15 is 0 Å². The largest absolute Gasteiger partial charge is 0.294 e. The first-order valence-corrected chi connectivity index (χ1v) is 8.15. The second kappa shape index (κ2) is 5.72. The molecule has 2 nitrogen and oxygen atoms in total. The van der Waals surface area contributed by atoms with Crippen LogP contribution in [-0.2, 0) is 5.88 Å². The van der Waals surface area contributed by atoms with Gasteiger partial charge >= 0.3 is 0 Å². The van der Waals surface area contributed by atoms with E-state index < -0.39 is 0 Å². The van der Waals surface area contributed by atoms with E-state index in [1.165, 1.54) is 0 Å². The minimum absolute atomic E-state index is 0.300. The molecular weight excluding hydrogens is 429 g/mol. The summed E-state index contributed by atoms with van der Waals surface area (Å²) in [6.45, 7) is 0. The fourth-order valence-corrected chi connectivity index (χ4v) is 3.41. The molecule has 0 saturated carbocycles. The topological polar surface area (TPSA) is 17.8 Å². The number of imidazole rings is 1. The van der Waals surface area contributed by atoms with E-state index in [1.54, 1.807) is 0 Å². The van der Waals surface area contributed by atoms with Gasteiger partial charge in [-0.1, -0.05) is 23.2 Å². The number of hydrogen-bond donors (Lipinski definition) is 0. The van der Waals surface area contributed by atoms with Crippen molar-refractivity contribution in [3.63, 3.8) is 0 Å². The van der Waals surface area contributed by atoms with E-state index in [0.29, 0.717) is 15.9 Å². The van der Waals surface area contributed by atoms with Crippen molar-refractivity contribution in [3.8, 4) is 5.69 Å². The summed E-state index contributed by atoms with van der Waals surface area (Å²) in [5.74, 6) is 1.04. The van der Waals surface area contributed by atoms with Gasteiger partial charge in [0.15, 0.2) is 0 Å². The summed E-state index contributed by atoms with van der Waals surface area (Å²) in [5, 5.41) is 1.31. The van der Waals surface area contributed by atoms with Gasteiger partial charge in [-0.25, -0.2) is 4.98 Å². The van der Waals surface area contributed by atoms with Crippen LogP contribution < -0.4 is 0 Å². The Morgan fingerprint density at radius 3 is 2.60 bits per heavy atom. The van der Waals surface area contributed by atoms with E-state index in [-0.39, 0.29) is 0 Å². The standard InChI is InChI=1S/C14H8Cl3IN2/c15-7-14-19-11-3-1-8(16)5-13(11)20(14)12-4-2-9(18)6-10(12)17/h1-6H,7H2. The lowest BCUT2D eigenvalue weighted by Crippen LogP contribution is -2.00. The molecule has 6 heteroatoms. The van der Waals surface area contributed by atoms with Crippen LogP contribution in [0.15, 0.2) is 36.4 Å². The number of rotatable bonds is 2. The highest BCUT2D eigenvalue weighted by atomic mass is 127. The predicted molar refractivity (Wildman–Crippen MR) is 93.4 cm³/mol. The van der Waals surface area contributed by atoms with Crippen molar-refractivity contribution in [2.75, 3.05) is 0 Å². The highest BCUT2D eigenvalue weighted by Gasteiger charge is 2.14. The third-order valence-electron chi connectivity index (χ3n) is 2.96. The van der Waals surface area contributed by atoms with Gasteiger partial charge in [-0.3, -0.25) is 4.57 Å². The van der Waals surface area contributed by atoms with Gasteiger partial charge in [0.05, 0.1) is 27.6 Å². The second-order valence-corrected chi connectivity index (χ2v) is 6.58. The monoisotopic (exact) mass is 436 g/mol. The van der Waals surface area contributed by atoms with Gasteiger partial charge in [-0.2, -0.15) is 0 Å². The molecule has 0 amide bonds. The molecule has 0 saturated heterocycles. The molecule has 0 fully saturated rings. The molecule has 0 spiro atoms. The third kappa shape index (κ3) is 2.52. The molecule has 20 heavy (non-hydrogen) atoms. The van der Waals surface area contributed by atoms with Gasteiger partial charge in [0, 0.05) is 8.59 Å². The summed E-state index contributed by atoms with van der Waals surface area (Å²) in [6.07, 6.45) is 0. The van der Waals surface area contributed by atoms with E-state index in [9.17, 15) is 0 Å². The molecule has 0 aliphatic rings. The fourth-order valence-electron chi connectivity index (χ4n) is 2.12. The summed E-state index contributed by atoms with van der Waals surface area (Å²) in [6, 6.07) is 11.4. The van der Waals surface area contributed by atoms with Crippen molar-refractivity contribution < 1.29 is 0 Å². The molecule has 102 valence electrons. The Morgan fingerprint density at radius 1 is 1.10 bits per heavy atom. The molecule has 0 bridgehead atoms. The first kappa shape index (κ1) is 14.4. The summed E-state index contributed by atoms with van der Waals surface area (Å²) >= 11 is 20.7. The van der Waals surface area contributed by atoms with Crippen molar-refractivity contribution in [2.45, 2.75) is 5.88 Å². The van der Waals surface area contributed by atoms with Gasteiger partial charge in [0.25, 0.3) is 0 Å². The van der Waals surface area contributed by atoms with Crippen LogP contribution >= 0.6 is 57.4 Å². The van der Waals surface area contributed by atoms with E-state index in [0.717, 1.165) is 26.1 Å². The zero-order valence-electron chi connectivity index (χ0n) is 10.1. The van der Waals surface area contributed by atoms with E-state index in [4.69, 9.17) is 34.8 Å². The Balaban J connectivity index is 2.36. The Hall–Kier alpha value is -0.490. The van der Waals surface area contributed by atoms with Crippen LogP contribution in [0.4, 0.5) is 0 Å². The number of hydrogen-bond acceptors (Lipinski definition) is 1. The molecule has 0 N–H and O–H groups in total. The quantitative estimate of drug-likeness (QED) is 0.373. The van der Waals surface area contributed by atoms with Crippen molar-refractivity contribution in [1.82, 2.24) is 9.55 Å². The normalized spacial score (nSPS) is 11.2. The molecule has 1 aromatic heterocycles. The summed E-state index contributed by atoms with van der Waals surface area (Å²) in [4.78, 5) is 4.52. The molecule has 0 aliphatic heterocycles. The maximum absolute atomic E-state index is 6.36. The minimum atomic E-state index is 0.300. The van der Waals surface area contributed by atoms with Gasteiger partial charge in [0.1, 0.15) is 5.82 Å². The smallest absolute Gasteiger partial charge is 0.129 e. The maximum atomic E-state index is 6.36. The van der Waals surface area contributed by atoms with Crippen LogP contribution in [0.3, 0.4) is 0 Å². The van der Waals surface area contributed by atoms with E-state index in [1.807, 2.05) is 41.0 Å².